The number of nitrogens with zero attached hydrogens (tertiary/aromatic N) is 2. The van der Waals surface area contributed by atoms with Gasteiger partial charge in [0, 0.05) is 10.9 Å². The summed E-state index contributed by atoms with van der Waals surface area (Å²) in [6.45, 7) is 4.89. The number of rotatable bonds is 2. The monoisotopic (exact) mass is 380 g/mol. The normalized spacial score (nSPS) is 22.2. The molecule has 7 heteroatoms. The summed E-state index contributed by atoms with van der Waals surface area (Å²) in [7, 11) is 0. The predicted octanol–water partition coefficient (Wildman–Crippen LogP) is 3.11. The lowest BCUT2D eigenvalue weighted by molar-refractivity contribution is -0.140. The number of ketones is 1. The van der Waals surface area contributed by atoms with Crippen molar-refractivity contribution in [2.75, 3.05) is 39.5 Å². The highest BCUT2D eigenvalue weighted by atomic mass is 35.5. The van der Waals surface area contributed by atoms with Crippen LogP contribution in [0.4, 0.5) is 0 Å². The summed E-state index contributed by atoms with van der Waals surface area (Å²) in [4.78, 5) is 17.1. The van der Waals surface area contributed by atoms with Gasteiger partial charge < -0.3 is 9.47 Å². The highest BCUT2D eigenvalue weighted by Crippen LogP contribution is 2.35. The number of Topliss-reactive ketones (excluding diaryl/α,β-unsaturated/α-hetero) is 1. The van der Waals surface area contributed by atoms with Gasteiger partial charge in [-0.05, 0) is 44.1 Å². The molecule has 1 aromatic carbocycles. The smallest absolute Gasteiger partial charge is 0.184 e. The number of benzene rings is 1. The van der Waals surface area contributed by atoms with Gasteiger partial charge in [0.2, 0.25) is 0 Å². The lowest BCUT2D eigenvalue weighted by Crippen LogP contribution is -2.51. The van der Waals surface area contributed by atoms with Gasteiger partial charge in [-0.25, -0.2) is 4.98 Å². The maximum Gasteiger partial charge on any atom is 0.184 e. The Balaban J connectivity index is 0.000000272. The van der Waals surface area contributed by atoms with Crippen molar-refractivity contribution in [2.45, 2.75) is 24.8 Å². The Kier molecular flexibility index (Phi) is 5.33. The fourth-order valence-corrected chi connectivity index (χ4v) is 4.51. The summed E-state index contributed by atoms with van der Waals surface area (Å²) >= 11 is 7.87. The molecular weight excluding hydrogens is 360 g/mol. The van der Waals surface area contributed by atoms with E-state index in [1.807, 2.05) is 23.5 Å². The number of hydrogen-bond acceptors (Lipinski definition) is 6. The van der Waals surface area contributed by atoms with Gasteiger partial charge >= 0.3 is 0 Å². The first-order chi connectivity index (χ1) is 12.2. The Morgan fingerprint density at radius 3 is 2.44 bits per heavy atom. The Morgan fingerprint density at radius 2 is 1.88 bits per heavy atom. The standard InChI is InChI=1S/C15H17ClN2OS.C3H4O2/c16-11-1-2-14-13(7-11)17-15(20-14)10-3-5-18(6-4-10)12-8-19-9-12;4-3-1-5-2-3/h1-2,7,10,12H,3-6,8-9H2;1-2H2. The van der Waals surface area contributed by atoms with Crippen molar-refractivity contribution in [3.05, 3.63) is 28.2 Å². The molecule has 3 aliphatic rings. The molecule has 2 aromatic rings. The van der Waals surface area contributed by atoms with Gasteiger partial charge in [-0.3, -0.25) is 9.69 Å². The second kappa shape index (κ2) is 7.68. The molecule has 0 saturated carbocycles. The highest BCUT2D eigenvalue weighted by molar-refractivity contribution is 7.18. The van der Waals surface area contributed by atoms with E-state index in [1.54, 1.807) is 0 Å². The third-order valence-electron chi connectivity index (χ3n) is 4.91. The van der Waals surface area contributed by atoms with E-state index in [9.17, 15) is 4.79 Å². The maximum atomic E-state index is 9.77. The van der Waals surface area contributed by atoms with E-state index in [0.717, 1.165) is 23.8 Å². The zero-order valence-corrected chi connectivity index (χ0v) is 15.5. The van der Waals surface area contributed by atoms with Crippen LogP contribution in [0.15, 0.2) is 18.2 Å². The number of carbonyl (C=O) groups excluding carboxylic acids is 1. The maximum absolute atomic E-state index is 9.77. The van der Waals surface area contributed by atoms with Crippen molar-refractivity contribution in [1.29, 1.82) is 0 Å². The lowest BCUT2D eigenvalue weighted by atomic mass is 9.96. The molecule has 0 N–H and O–H groups in total. The van der Waals surface area contributed by atoms with Crippen molar-refractivity contribution < 1.29 is 14.3 Å². The molecular formula is C18H21ClN2O3S. The summed E-state index contributed by atoms with van der Waals surface area (Å²) in [5.74, 6) is 0.827. The van der Waals surface area contributed by atoms with Crippen molar-refractivity contribution in [3.8, 4) is 0 Å². The molecule has 3 fully saturated rings. The minimum Gasteiger partial charge on any atom is -0.378 e. The Hall–Kier alpha value is -1.05. The molecule has 25 heavy (non-hydrogen) atoms. The van der Waals surface area contributed by atoms with E-state index < -0.39 is 0 Å². The first kappa shape index (κ1) is 17.4. The molecule has 0 amide bonds. The van der Waals surface area contributed by atoms with Gasteiger partial charge in [-0.15, -0.1) is 11.3 Å². The van der Waals surface area contributed by atoms with Crippen LogP contribution >= 0.6 is 22.9 Å². The Labute approximate surface area is 155 Å². The average Bonchev–Trinajstić information content (AvgIpc) is 2.95. The zero-order valence-electron chi connectivity index (χ0n) is 13.9. The van der Waals surface area contributed by atoms with E-state index in [-0.39, 0.29) is 5.78 Å². The molecule has 0 atom stereocenters. The summed E-state index contributed by atoms with van der Waals surface area (Å²) in [5.41, 5.74) is 1.05. The van der Waals surface area contributed by atoms with Crippen molar-refractivity contribution in [3.63, 3.8) is 0 Å². The van der Waals surface area contributed by atoms with Crippen molar-refractivity contribution >= 4 is 38.9 Å². The minimum absolute atomic E-state index is 0.213. The molecule has 0 radical (unpaired) electrons. The number of piperidine rings is 1. The summed E-state index contributed by atoms with van der Waals surface area (Å²) in [6, 6.07) is 6.67. The predicted molar refractivity (Wildman–Crippen MR) is 98.6 cm³/mol. The van der Waals surface area contributed by atoms with Crippen LogP contribution in [0.1, 0.15) is 23.8 Å². The van der Waals surface area contributed by atoms with Crippen LogP contribution in [-0.4, -0.2) is 61.2 Å². The Bertz CT molecular complexity index is 748. The van der Waals surface area contributed by atoms with Gasteiger partial charge in [0.05, 0.1) is 34.5 Å². The fraction of sp³-hybridized carbons (Fsp3) is 0.556. The Morgan fingerprint density at radius 1 is 1.16 bits per heavy atom. The highest BCUT2D eigenvalue weighted by Gasteiger charge is 2.31. The van der Waals surface area contributed by atoms with Crippen molar-refractivity contribution in [1.82, 2.24) is 9.88 Å². The quantitative estimate of drug-likeness (QED) is 0.801. The van der Waals surface area contributed by atoms with E-state index in [4.69, 9.17) is 21.3 Å². The molecule has 3 aliphatic heterocycles. The third kappa shape index (κ3) is 4.04. The number of likely N-dealkylation sites (tertiary alicyclic amines) is 1. The molecule has 134 valence electrons. The van der Waals surface area contributed by atoms with E-state index in [2.05, 4.69) is 15.7 Å². The number of fused-ring (bicyclic) bond motifs is 1. The SMILES string of the molecule is Clc1ccc2sc(C3CCN(C4COC4)CC3)nc2c1.O=C1COC1. The average molecular weight is 381 g/mol. The fourth-order valence-electron chi connectivity index (χ4n) is 3.22. The zero-order chi connectivity index (χ0) is 17.2. The van der Waals surface area contributed by atoms with E-state index in [0.29, 0.717) is 25.2 Å². The molecule has 0 spiro atoms. The molecule has 0 bridgehead atoms. The number of carbonyl (C=O) groups is 1. The number of hydrogen-bond donors (Lipinski definition) is 0. The van der Waals surface area contributed by atoms with Gasteiger partial charge in [-0.1, -0.05) is 11.6 Å². The molecule has 0 unspecified atom stereocenters. The van der Waals surface area contributed by atoms with Crippen LogP contribution in [-0.2, 0) is 14.3 Å². The number of thiazole rings is 1. The third-order valence-corrected chi connectivity index (χ3v) is 6.34. The van der Waals surface area contributed by atoms with E-state index in [1.165, 1.54) is 35.6 Å². The molecule has 5 nitrogen and oxygen atoms in total. The summed E-state index contributed by atoms with van der Waals surface area (Å²) < 4.78 is 11.0. The second-order valence-corrected chi connectivity index (χ2v) is 8.20. The second-order valence-electron chi connectivity index (χ2n) is 6.70. The van der Waals surface area contributed by atoms with Gasteiger partial charge in [-0.2, -0.15) is 0 Å². The number of ether oxygens (including phenoxy) is 2. The van der Waals surface area contributed by atoms with Crippen LogP contribution in [0, 0.1) is 0 Å². The van der Waals surface area contributed by atoms with Gasteiger partial charge in [0.15, 0.2) is 5.78 Å². The van der Waals surface area contributed by atoms with Crippen LogP contribution < -0.4 is 0 Å². The molecule has 5 rings (SSSR count). The topological polar surface area (TPSA) is 51.7 Å². The van der Waals surface area contributed by atoms with Crippen LogP contribution in [0.2, 0.25) is 5.02 Å². The number of aromatic nitrogens is 1. The molecule has 1 aromatic heterocycles. The molecule has 0 aliphatic carbocycles. The molecule has 4 heterocycles. The van der Waals surface area contributed by atoms with Crippen molar-refractivity contribution in [2.24, 2.45) is 0 Å². The lowest BCUT2D eigenvalue weighted by Gasteiger charge is -2.41. The first-order valence-electron chi connectivity index (χ1n) is 8.66. The van der Waals surface area contributed by atoms with Crippen LogP contribution in [0.5, 0.6) is 0 Å². The largest absolute Gasteiger partial charge is 0.378 e. The van der Waals surface area contributed by atoms with Gasteiger partial charge in [0.1, 0.15) is 13.2 Å². The summed E-state index contributed by atoms with van der Waals surface area (Å²) in [6.07, 6.45) is 2.42. The number of halogens is 1. The minimum atomic E-state index is 0.213. The first-order valence-corrected chi connectivity index (χ1v) is 9.86. The molecule has 3 saturated heterocycles. The van der Waals surface area contributed by atoms with Gasteiger partial charge in [0.25, 0.3) is 0 Å². The van der Waals surface area contributed by atoms with Crippen LogP contribution in [0.25, 0.3) is 10.2 Å². The van der Waals surface area contributed by atoms with Crippen LogP contribution in [0.3, 0.4) is 0 Å². The summed E-state index contributed by atoms with van der Waals surface area (Å²) in [5, 5.41) is 2.06. The van der Waals surface area contributed by atoms with E-state index >= 15 is 0 Å².